The largest absolute Gasteiger partial charge is 0.545 e. The fourth-order valence-corrected chi connectivity index (χ4v) is 1.61. The van der Waals surface area contributed by atoms with Gasteiger partial charge in [0.1, 0.15) is 11.9 Å². The molecule has 0 bridgehead atoms. The van der Waals surface area contributed by atoms with Crippen LogP contribution in [0.4, 0.5) is 0 Å². The molecular weight excluding hydrogens is 204 g/mol. The van der Waals surface area contributed by atoms with Gasteiger partial charge in [0.15, 0.2) is 0 Å². The maximum absolute atomic E-state index is 10.3. The topological polar surface area (TPSA) is 49.4 Å². The van der Waals surface area contributed by atoms with Crippen molar-refractivity contribution >= 4 is 12.0 Å². The van der Waals surface area contributed by atoms with Crippen molar-refractivity contribution in [3.8, 4) is 5.75 Å². The Hall–Kier alpha value is -2.03. The Morgan fingerprint density at radius 1 is 1.44 bits per heavy atom. The van der Waals surface area contributed by atoms with Crippen LogP contribution in [0.25, 0.3) is 6.08 Å². The highest BCUT2D eigenvalue weighted by molar-refractivity contribution is 5.79. The van der Waals surface area contributed by atoms with E-state index in [2.05, 4.69) is 0 Å². The molecule has 82 valence electrons. The lowest BCUT2D eigenvalue weighted by Crippen LogP contribution is -2.21. The summed E-state index contributed by atoms with van der Waals surface area (Å²) in [6.07, 6.45) is 4.30. The first-order valence-electron chi connectivity index (χ1n) is 5.03. The number of carbonyl (C=O) groups excluding carboxylic acids is 1. The molecule has 2 rings (SSSR count). The average Bonchev–Trinajstić information content (AvgIpc) is 2.26. The minimum Gasteiger partial charge on any atom is -0.545 e. The summed E-state index contributed by atoms with van der Waals surface area (Å²) in [5.41, 5.74) is 1.78. The van der Waals surface area contributed by atoms with Crippen LogP contribution in [-0.4, -0.2) is 12.1 Å². The van der Waals surface area contributed by atoms with Crippen LogP contribution in [0.5, 0.6) is 5.75 Å². The van der Waals surface area contributed by atoms with Gasteiger partial charge in [-0.15, -0.1) is 0 Å². The number of rotatable bonds is 2. The number of para-hydroxylation sites is 1. The third-order valence-corrected chi connectivity index (χ3v) is 2.43. The molecule has 0 spiro atoms. The molecule has 1 aromatic rings. The smallest absolute Gasteiger partial charge is 0.127 e. The Morgan fingerprint density at radius 3 is 2.94 bits per heavy atom. The van der Waals surface area contributed by atoms with E-state index in [9.17, 15) is 9.90 Å². The molecule has 1 aliphatic rings. The van der Waals surface area contributed by atoms with Crippen LogP contribution < -0.4 is 9.84 Å². The number of hydrogen-bond acceptors (Lipinski definition) is 3. The van der Waals surface area contributed by atoms with Gasteiger partial charge in [-0.1, -0.05) is 24.3 Å². The number of hydrogen-bond donors (Lipinski definition) is 0. The number of aliphatic carboxylic acids is 1. The quantitative estimate of drug-likeness (QED) is 0.695. The Kier molecular flexibility index (Phi) is 2.77. The van der Waals surface area contributed by atoms with E-state index in [4.69, 9.17) is 4.74 Å². The predicted molar refractivity (Wildman–Crippen MR) is 58.7 cm³/mol. The van der Waals surface area contributed by atoms with Gasteiger partial charge in [0.2, 0.25) is 0 Å². The van der Waals surface area contributed by atoms with Crippen molar-refractivity contribution in [1.29, 1.82) is 0 Å². The molecule has 0 saturated carbocycles. The van der Waals surface area contributed by atoms with Crippen LogP contribution in [0, 0.1) is 0 Å². The summed E-state index contributed by atoms with van der Waals surface area (Å²) in [7, 11) is 0. The van der Waals surface area contributed by atoms with Crippen LogP contribution in [0.3, 0.4) is 0 Å². The molecule has 0 saturated heterocycles. The van der Waals surface area contributed by atoms with Gasteiger partial charge in [0.25, 0.3) is 0 Å². The summed E-state index contributed by atoms with van der Waals surface area (Å²) in [6.45, 7) is 1.88. The SMILES string of the molecule is CC1Oc2ccccc2C=C1C=CC(=O)[O-]. The second-order valence-electron chi connectivity index (χ2n) is 3.59. The van der Waals surface area contributed by atoms with Crippen molar-refractivity contribution in [2.75, 3.05) is 0 Å². The molecule has 1 aromatic carbocycles. The van der Waals surface area contributed by atoms with Crippen molar-refractivity contribution in [2.24, 2.45) is 0 Å². The molecule has 0 amide bonds. The molecule has 1 atom stereocenters. The molecule has 0 aliphatic carbocycles. The summed E-state index contributed by atoms with van der Waals surface area (Å²) in [4.78, 5) is 10.3. The maximum Gasteiger partial charge on any atom is 0.127 e. The minimum atomic E-state index is -1.20. The summed E-state index contributed by atoms with van der Waals surface area (Å²) in [5.74, 6) is -0.382. The van der Waals surface area contributed by atoms with Gasteiger partial charge in [0.05, 0.1) is 5.97 Å². The molecule has 1 aliphatic heterocycles. The zero-order valence-corrected chi connectivity index (χ0v) is 8.84. The van der Waals surface area contributed by atoms with Crippen LogP contribution in [0.15, 0.2) is 42.0 Å². The van der Waals surface area contributed by atoms with Gasteiger partial charge in [-0.25, -0.2) is 0 Å². The van der Waals surface area contributed by atoms with Gasteiger partial charge in [-0.05, 0) is 30.7 Å². The van der Waals surface area contributed by atoms with Gasteiger partial charge < -0.3 is 14.6 Å². The number of carboxylic acid groups (broad SMARTS) is 1. The number of fused-ring (bicyclic) bond motifs is 1. The van der Waals surface area contributed by atoms with Crippen LogP contribution in [0.2, 0.25) is 0 Å². The lowest BCUT2D eigenvalue weighted by Gasteiger charge is -2.22. The monoisotopic (exact) mass is 215 g/mol. The normalized spacial score (nSPS) is 18.8. The highest BCUT2D eigenvalue weighted by atomic mass is 16.5. The second-order valence-corrected chi connectivity index (χ2v) is 3.59. The van der Waals surface area contributed by atoms with Crippen LogP contribution >= 0.6 is 0 Å². The summed E-state index contributed by atoms with van der Waals surface area (Å²) in [5, 5.41) is 10.3. The molecule has 16 heavy (non-hydrogen) atoms. The number of carbonyl (C=O) groups is 1. The first kappa shape index (κ1) is 10.5. The molecule has 3 nitrogen and oxygen atoms in total. The van der Waals surface area contributed by atoms with Crippen molar-refractivity contribution in [3.05, 3.63) is 47.6 Å². The zero-order chi connectivity index (χ0) is 11.5. The molecule has 3 heteroatoms. The number of ether oxygens (including phenoxy) is 1. The summed E-state index contributed by atoms with van der Waals surface area (Å²) >= 11 is 0. The third kappa shape index (κ3) is 2.14. The average molecular weight is 215 g/mol. The highest BCUT2D eigenvalue weighted by Gasteiger charge is 2.15. The van der Waals surface area contributed by atoms with E-state index in [-0.39, 0.29) is 6.10 Å². The van der Waals surface area contributed by atoms with Gasteiger partial charge in [-0.2, -0.15) is 0 Å². The van der Waals surface area contributed by atoms with Crippen molar-refractivity contribution in [1.82, 2.24) is 0 Å². The summed E-state index contributed by atoms with van der Waals surface area (Å²) < 4.78 is 5.64. The lowest BCUT2D eigenvalue weighted by atomic mass is 10.0. The van der Waals surface area contributed by atoms with E-state index in [1.807, 2.05) is 37.3 Å². The molecule has 0 N–H and O–H groups in total. The second kappa shape index (κ2) is 4.23. The molecule has 0 fully saturated rings. The Labute approximate surface area is 93.7 Å². The molecule has 0 aromatic heterocycles. The van der Waals surface area contributed by atoms with E-state index in [0.717, 1.165) is 23.0 Å². The Balaban J connectivity index is 2.34. The lowest BCUT2D eigenvalue weighted by molar-refractivity contribution is -0.297. The van der Waals surface area contributed by atoms with Crippen LogP contribution in [-0.2, 0) is 4.79 Å². The van der Waals surface area contributed by atoms with Crippen LogP contribution in [0.1, 0.15) is 12.5 Å². The van der Waals surface area contributed by atoms with Crippen molar-refractivity contribution < 1.29 is 14.6 Å². The van der Waals surface area contributed by atoms with E-state index in [0.29, 0.717) is 0 Å². The molecule has 1 heterocycles. The standard InChI is InChI=1S/C13H12O3/c1-9-10(6-7-13(14)15)8-11-4-2-3-5-12(11)16-9/h2-9H,1H3,(H,14,15)/p-1. The first-order chi connectivity index (χ1) is 7.66. The minimum absolute atomic E-state index is 0.148. The number of carboxylic acids is 1. The Bertz CT molecular complexity index is 472. The molecule has 0 radical (unpaired) electrons. The van der Waals surface area contributed by atoms with Gasteiger partial charge in [0, 0.05) is 5.56 Å². The molecule has 1 unspecified atom stereocenters. The van der Waals surface area contributed by atoms with Gasteiger partial charge >= 0.3 is 0 Å². The zero-order valence-electron chi connectivity index (χ0n) is 8.84. The van der Waals surface area contributed by atoms with E-state index in [1.54, 1.807) is 0 Å². The van der Waals surface area contributed by atoms with E-state index >= 15 is 0 Å². The fraction of sp³-hybridized carbons (Fsp3) is 0.154. The predicted octanol–water partition coefficient (Wildman–Crippen LogP) is 1.16. The van der Waals surface area contributed by atoms with Crippen molar-refractivity contribution in [3.63, 3.8) is 0 Å². The summed E-state index contributed by atoms with van der Waals surface area (Å²) in [6, 6.07) is 7.63. The maximum atomic E-state index is 10.3. The van der Waals surface area contributed by atoms with Gasteiger partial charge in [-0.3, -0.25) is 0 Å². The fourth-order valence-electron chi connectivity index (χ4n) is 1.61. The van der Waals surface area contributed by atoms with Crippen molar-refractivity contribution in [2.45, 2.75) is 13.0 Å². The third-order valence-electron chi connectivity index (χ3n) is 2.43. The van der Waals surface area contributed by atoms with E-state index < -0.39 is 5.97 Å². The Morgan fingerprint density at radius 2 is 2.19 bits per heavy atom. The van der Waals surface area contributed by atoms with E-state index in [1.165, 1.54) is 6.08 Å². The first-order valence-corrected chi connectivity index (χ1v) is 5.03. The highest BCUT2D eigenvalue weighted by Crippen LogP contribution is 2.29. The number of benzene rings is 1. The molecular formula is C13H11O3-.